The van der Waals surface area contributed by atoms with Gasteiger partial charge in [0.25, 0.3) is 0 Å². The summed E-state index contributed by atoms with van der Waals surface area (Å²) in [5.74, 6) is -0.414. The van der Waals surface area contributed by atoms with Crippen molar-refractivity contribution in [1.29, 1.82) is 0 Å². The Morgan fingerprint density at radius 1 is 1.07 bits per heavy atom. The van der Waals surface area contributed by atoms with E-state index < -0.39 is 15.9 Å². The van der Waals surface area contributed by atoms with Crippen molar-refractivity contribution in [2.45, 2.75) is 16.9 Å². The summed E-state index contributed by atoms with van der Waals surface area (Å²) in [4.78, 5) is 23.3. The molecule has 27 heavy (non-hydrogen) atoms. The van der Waals surface area contributed by atoms with Gasteiger partial charge in [-0.05, 0) is 23.8 Å². The minimum atomic E-state index is -1.92. The van der Waals surface area contributed by atoms with Gasteiger partial charge in [-0.3, -0.25) is 9.59 Å². The van der Waals surface area contributed by atoms with E-state index in [0.717, 1.165) is 5.56 Å². The third-order valence-electron chi connectivity index (χ3n) is 3.21. The monoisotopic (exact) mass is 426 g/mol. The number of carbonyl (C=O) groups is 2. The normalized spacial score (nSPS) is 12.4. The van der Waals surface area contributed by atoms with Crippen molar-refractivity contribution in [3.8, 4) is 5.75 Å². The van der Waals surface area contributed by atoms with E-state index >= 15 is 0 Å². The van der Waals surface area contributed by atoms with Crippen molar-refractivity contribution in [3.63, 3.8) is 0 Å². The zero-order chi connectivity index (χ0) is 19.9. The summed E-state index contributed by atoms with van der Waals surface area (Å²) in [6.45, 7) is 1.39. The second-order valence-electron chi connectivity index (χ2n) is 5.50. The number of ether oxygens (including phenoxy) is 1. The van der Waals surface area contributed by atoms with Crippen LogP contribution >= 0.6 is 34.8 Å². The molecule has 2 rings (SSSR count). The van der Waals surface area contributed by atoms with Crippen molar-refractivity contribution in [1.82, 2.24) is 5.32 Å². The molecule has 0 aliphatic carbocycles. The van der Waals surface area contributed by atoms with Crippen LogP contribution in [0.5, 0.6) is 5.75 Å². The molecular formula is C19H17Cl3N2O3. The molecular weight excluding hydrogens is 411 g/mol. The van der Waals surface area contributed by atoms with E-state index in [1.807, 2.05) is 30.3 Å². The number of hydrogen-bond acceptors (Lipinski definition) is 3. The zero-order valence-electron chi connectivity index (χ0n) is 14.3. The number of halogens is 3. The van der Waals surface area contributed by atoms with Crippen LogP contribution in [0.2, 0.25) is 0 Å². The maximum atomic E-state index is 12.2. The maximum absolute atomic E-state index is 12.2. The van der Waals surface area contributed by atoms with E-state index in [2.05, 4.69) is 10.6 Å². The Balaban J connectivity index is 2.08. The first-order chi connectivity index (χ1) is 12.7. The Morgan fingerprint density at radius 3 is 2.41 bits per heavy atom. The Bertz CT molecular complexity index is 820. The number of nitrogens with one attached hydrogen (secondary N) is 2. The highest BCUT2D eigenvalue weighted by atomic mass is 35.6. The lowest BCUT2D eigenvalue weighted by molar-refractivity contribution is -0.118. The largest absolute Gasteiger partial charge is 0.466 e. The van der Waals surface area contributed by atoms with Crippen molar-refractivity contribution < 1.29 is 14.3 Å². The van der Waals surface area contributed by atoms with Gasteiger partial charge in [0, 0.05) is 24.8 Å². The molecule has 0 spiro atoms. The highest BCUT2D eigenvalue weighted by molar-refractivity contribution is 6.68. The van der Waals surface area contributed by atoms with Crippen LogP contribution in [-0.4, -0.2) is 21.8 Å². The SMILES string of the molecule is CC(=O)Nc1cccc(O[C@H](NC(=O)/C=C/c2ccccc2)C(Cl)(Cl)Cl)c1. The van der Waals surface area contributed by atoms with Gasteiger partial charge in [-0.25, -0.2) is 0 Å². The lowest BCUT2D eigenvalue weighted by Crippen LogP contribution is -2.47. The van der Waals surface area contributed by atoms with Crippen molar-refractivity contribution in [2.24, 2.45) is 0 Å². The van der Waals surface area contributed by atoms with E-state index in [0.29, 0.717) is 11.4 Å². The van der Waals surface area contributed by atoms with E-state index in [-0.39, 0.29) is 5.91 Å². The number of anilines is 1. The molecule has 0 saturated carbocycles. The highest BCUT2D eigenvalue weighted by Gasteiger charge is 2.36. The molecule has 2 amide bonds. The fraction of sp³-hybridized carbons (Fsp3) is 0.158. The van der Waals surface area contributed by atoms with Crippen LogP contribution in [0.3, 0.4) is 0 Å². The van der Waals surface area contributed by atoms with Crippen molar-refractivity contribution in [2.75, 3.05) is 5.32 Å². The van der Waals surface area contributed by atoms with Crippen LogP contribution in [0.4, 0.5) is 5.69 Å². The summed E-state index contributed by atoms with van der Waals surface area (Å²) in [5, 5.41) is 5.12. The van der Waals surface area contributed by atoms with Crippen molar-refractivity contribution >= 4 is 58.4 Å². The van der Waals surface area contributed by atoms with Crippen LogP contribution in [-0.2, 0) is 9.59 Å². The van der Waals surface area contributed by atoms with Crippen LogP contribution in [0.15, 0.2) is 60.7 Å². The quantitative estimate of drug-likeness (QED) is 0.404. The summed E-state index contributed by atoms with van der Waals surface area (Å²) >= 11 is 17.8. The van der Waals surface area contributed by atoms with E-state index in [1.165, 1.54) is 13.0 Å². The molecule has 0 bridgehead atoms. The number of alkyl halides is 3. The van der Waals surface area contributed by atoms with Crippen LogP contribution < -0.4 is 15.4 Å². The molecule has 5 nitrogen and oxygen atoms in total. The van der Waals surface area contributed by atoms with Gasteiger partial charge in [-0.15, -0.1) is 0 Å². The summed E-state index contributed by atoms with van der Waals surface area (Å²) in [7, 11) is 0. The first-order valence-electron chi connectivity index (χ1n) is 7.89. The molecule has 142 valence electrons. The molecule has 1 atom stereocenters. The van der Waals surface area contributed by atoms with E-state index in [4.69, 9.17) is 39.5 Å². The lowest BCUT2D eigenvalue weighted by atomic mass is 10.2. The van der Waals surface area contributed by atoms with E-state index in [9.17, 15) is 9.59 Å². The smallest absolute Gasteiger partial charge is 0.246 e. The fourth-order valence-electron chi connectivity index (χ4n) is 2.08. The molecule has 0 aliphatic rings. The Labute approximate surface area is 172 Å². The first-order valence-corrected chi connectivity index (χ1v) is 9.02. The molecule has 2 aromatic rings. The Kier molecular flexibility index (Phi) is 7.54. The van der Waals surface area contributed by atoms with Gasteiger partial charge in [0.05, 0.1) is 0 Å². The third-order valence-corrected chi connectivity index (χ3v) is 3.80. The second-order valence-corrected chi connectivity index (χ2v) is 7.87. The number of carbonyl (C=O) groups excluding carboxylic acids is 2. The second kappa shape index (κ2) is 9.65. The van der Waals surface area contributed by atoms with Gasteiger partial charge in [0.1, 0.15) is 5.75 Å². The predicted octanol–water partition coefficient (Wildman–Crippen LogP) is 4.55. The van der Waals surface area contributed by atoms with Crippen molar-refractivity contribution in [3.05, 3.63) is 66.2 Å². The van der Waals surface area contributed by atoms with E-state index in [1.54, 1.807) is 30.3 Å². The molecule has 0 aliphatic heterocycles. The van der Waals surface area contributed by atoms with Crippen LogP contribution in [0.25, 0.3) is 6.08 Å². The standard InChI is InChI=1S/C19H17Cl3N2O3/c1-13(25)23-15-8-5-9-16(12-15)27-18(19(20,21)22)24-17(26)11-10-14-6-3-2-4-7-14/h2-12,18H,1H3,(H,23,25)(H,24,26)/b11-10+/t18-/m0/s1. The minimum absolute atomic E-state index is 0.232. The topological polar surface area (TPSA) is 67.4 Å². The fourth-order valence-corrected chi connectivity index (χ4v) is 2.38. The Hall–Kier alpha value is -2.21. The van der Waals surface area contributed by atoms with Gasteiger partial charge >= 0.3 is 0 Å². The third kappa shape index (κ3) is 7.51. The predicted molar refractivity (Wildman–Crippen MR) is 109 cm³/mol. The molecule has 0 heterocycles. The first kappa shape index (κ1) is 21.1. The molecule has 2 aromatic carbocycles. The highest BCUT2D eigenvalue weighted by Crippen LogP contribution is 2.32. The average Bonchev–Trinajstić information content (AvgIpc) is 2.59. The van der Waals surface area contributed by atoms with Gasteiger partial charge < -0.3 is 15.4 Å². The lowest BCUT2D eigenvalue weighted by Gasteiger charge is -2.26. The summed E-state index contributed by atoms with van der Waals surface area (Å²) < 4.78 is 3.69. The molecule has 0 unspecified atom stereocenters. The molecule has 8 heteroatoms. The summed E-state index contributed by atoms with van der Waals surface area (Å²) in [6.07, 6.45) is 1.70. The molecule has 0 radical (unpaired) electrons. The molecule has 2 N–H and O–H groups in total. The molecule has 0 saturated heterocycles. The van der Waals surface area contributed by atoms with Crippen LogP contribution in [0.1, 0.15) is 12.5 Å². The Morgan fingerprint density at radius 2 is 1.78 bits per heavy atom. The summed E-state index contributed by atoms with van der Waals surface area (Å²) in [6, 6.07) is 15.8. The molecule has 0 aromatic heterocycles. The zero-order valence-corrected chi connectivity index (χ0v) is 16.6. The maximum Gasteiger partial charge on any atom is 0.246 e. The van der Waals surface area contributed by atoms with Gasteiger partial charge in [0.15, 0.2) is 0 Å². The number of amides is 2. The summed E-state index contributed by atoms with van der Waals surface area (Å²) in [5.41, 5.74) is 1.36. The average molecular weight is 428 g/mol. The number of hydrogen-bond donors (Lipinski definition) is 2. The number of rotatable bonds is 6. The van der Waals surface area contributed by atoms with Gasteiger partial charge in [-0.2, -0.15) is 0 Å². The molecule has 0 fully saturated rings. The minimum Gasteiger partial charge on any atom is -0.466 e. The van der Waals surface area contributed by atoms with Gasteiger partial charge in [0.2, 0.25) is 21.8 Å². The number of benzene rings is 2. The van der Waals surface area contributed by atoms with Crippen LogP contribution in [0, 0.1) is 0 Å². The van der Waals surface area contributed by atoms with Gasteiger partial charge in [-0.1, -0.05) is 71.2 Å².